The maximum Gasteiger partial charge on any atom is 0.231 e. The fourth-order valence-corrected chi connectivity index (χ4v) is 3.68. The molecule has 2 aromatic carbocycles. The monoisotopic (exact) mass is 367 g/mol. The quantitative estimate of drug-likeness (QED) is 0.849. The van der Waals surface area contributed by atoms with Gasteiger partial charge in [0.1, 0.15) is 0 Å². The molecule has 2 aliphatic rings. The van der Waals surface area contributed by atoms with Gasteiger partial charge in [-0.25, -0.2) is 0 Å². The van der Waals surface area contributed by atoms with E-state index in [1.807, 2.05) is 6.07 Å². The maximum absolute atomic E-state index is 5.49. The Labute approximate surface area is 161 Å². The van der Waals surface area contributed by atoms with Gasteiger partial charge in [-0.3, -0.25) is 4.90 Å². The number of fused-ring (bicyclic) bond motifs is 1. The van der Waals surface area contributed by atoms with Crippen LogP contribution in [-0.2, 0) is 0 Å². The molecule has 2 heterocycles. The molecule has 27 heavy (non-hydrogen) atoms. The van der Waals surface area contributed by atoms with E-state index in [0.717, 1.165) is 56.3 Å². The fourth-order valence-electron chi connectivity index (χ4n) is 3.68. The molecule has 5 heteroatoms. The summed E-state index contributed by atoms with van der Waals surface area (Å²) in [6.07, 6.45) is 0. The third-order valence-electron chi connectivity index (χ3n) is 5.29. The summed E-state index contributed by atoms with van der Waals surface area (Å²) in [6, 6.07) is 15.6. The van der Waals surface area contributed by atoms with E-state index in [-0.39, 0.29) is 0 Å². The Morgan fingerprint density at radius 2 is 1.59 bits per heavy atom. The highest BCUT2D eigenvalue weighted by atomic mass is 16.7. The second-order valence-corrected chi connectivity index (χ2v) is 7.55. The highest BCUT2D eigenvalue weighted by Gasteiger charge is 2.17. The first-order valence-corrected chi connectivity index (χ1v) is 9.90. The van der Waals surface area contributed by atoms with E-state index < -0.39 is 0 Å². The summed E-state index contributed by atoms with van der Waals surface area (Å²) in [7, 11) is 0. The SMILES string of the molecule is CC(C)NCCN1CCN(c2ccc(-c3ccc4c(c3)OCO4)cc2)CC1. The lowest BCUT2D eigenvalue weighted by atomic mass is 10.0. The highest BCUT2D eigenvalue weighted by Crippen LogP contribution is 2.36. The van der Waals surface area contributed by atoms with Gasteiger partial charge >= 0.3 is 0 Å². The predicted molar refractivity (Wildman–Crippen MR) is 110 cm³/mol. The molecule has 1 saturated heterocycles. The number of nitrogens with zero attached hydrogens (tertiary/aromatic N) is 2. The molecule has 0 radical (unpaired) electrons. The van der Waals surface area contributed by atoms with Crippen molar-refractivity contribution in [3.8, 4) is 22.6 Å². The zero-order chi connectivity index (χ0) is 18.6. The minimum atomic E-state index is 0.317. The molecule has 2 aromatic rings. The summed E-state index contributed by atoms with van der Waals surface area (Å²) in [4.78, 5) is 5.03. The van der Waals surface area contributed by atoms with Crippen molar-refractivity contribution in [2.75, 3.05) is 51.0 Å². The van der Waals surface area contributed by atoms with Gasteiger partial charge in [0.25, 0.3) is 0 Å². The van der Waals surface area contributed by atoms with E-state index in [1.54, 1.807) is 0 Å². The van der Waals surface area contributed by atoms with Crippen molar-refractivity contribution in [2.45, 2.75) is 19.9 Å². The maximum atomic E-state index is 5.49. The van der Waals surface area contributed by atoms with Gasteiger partial charge in [0.15, 0.2) is 11.5 Å². The lowest BCUT2D eigenvalue weighted by molar-refractivity contribution is 0.174. The van der Waals surface area contributed by atoms with Gasteiger partial charge in [0.05, 0.1) is 0 Å². The standard InChI is InChI=1S/C22H29N3O2/c1-17(2)23-9-10-24-11-13-25(14-12-24)20-6-3-18(4-7-20)19-5-8-21-22(15-19)27-16-26-21/h3-8,15,17,23H,9-14,16H2,1-2H3. The van der Waals surface area contributed by atoms with E-state index in [0.29, 0.717) is 12.8 Å². The summed E-state index contributed by atoms with van der Waals surface area (Å²) in [6.45, 7) is 11.4. The van der Waals surface area contributed by atoms with Crippen molar-refractivity contribution in [1.82, 2.24) is 10.2 Å². The van der Waals surface area contributed by atoms with E-state index in [1.165, 1.54) is 11.3 Å². The largest absolute Gasteiger partial charge is 0.454 e. The normalized spacial score (nSPS) is 16.9. The molecule has 1 fully saturated rings. The first-order valence-electron chi connectivity index (χ1n) is 9.90. The minimum absolute atomic E-state index is 0.317. The third kappa shape index (κ3) is 4.37. The first kappa shape index (κ1) is 18.1. The Morgan fingerprint density at radius 1 is 0.889 bits per heavy atom. The lowest BCUT2D eigenvalue weighted by Gasteiger charge is -2.36. The van der Waals surface area contributed by atoms with Gasteiger partial charge in [0.2, 0.25) is 6.79 Å². The molecule has 0 aromatic heterocycles. The molecule has 0 spiro atoms. The number of hydrogen-bond donors (Lipinski definition) is 1. The fraction of sp³-hybridized carbons (Fsp3) is 0.455. The van der Waals surface area contributed by atoms with Crippen molar-refractivity contribution < 1.29 is 9.47 Å². The van der Waals surface area contributed by atoms with Crippen molar-refractivity contribution in [2.24, 2.45) is 0 Å². The molecule has 1 N–H and O–H groups in total. The highest BCUT2D eigenvalue weighted by molar-refractivity contribution is 5.69. The number of benzene rings is 2. The summed E-state index contributed by atoms with van der Waals surface area (Å²) < 4.78 is 10.9. The number of hydrogen-bond acceptors (Lipinski definition) is 5. The Morgan fingerprint density at radius 3 is 2.33 bits per heavy atom. The zero-order valence-corrected chi connectivity index (χ0v) is 16.3. The van der Waals surface area contributed by atoms with E-state index >= 15 is 0 Å². The summed E-state index contributed by atoms with van der Waals surface area (Å²) in [5, 5.41) is 3.50. The van der Waals surface area contributed by atoms with Crippen LogP contribution in [0.25, 0.3) is 11.1 Å². The first-order chi connectivity index (χ1) is 13.2. The van der Waals surface area contributed by atoms with Gasteiger partial charge in [0, 0.05) is 51.0 Å². The van der Waals surface area contributed by atoms with Crippen LogP contribution in [0, 0.1) is 0 Å². The third-order valence-corrected chi connectivity index (χ3v) is 5.29. The molecule has 0 amide bonds. The Kier molecular flexibility index (Phi) is 5.50. The number of rotatable bonds is 6. The Hall–Kier alpha value is -2.24. The zero-order valence-electron chi connectivity index (χ0n) is 16.3. The van der Waals surface area contributed by atoms with Crippen LogP contribution in [0.4, 0.5) is 5.69 Å². The van der Waals surface area contributed by atoms with Gasteiger partial charge in [-0.1, -0.05) is 32.0 Å². The van der Waals surface area contributed by atoms with Crippen LogP contribution in [0.2, 0.25) is 0 Å². The topological polar surface area (TPSA) is 37.0 Å². The van der Waals surface area contributed by atoms with Gasteiger partial charge in [-0.2, -0.15) is 0 Å². The van der Waals surface area contributed by atoms with Crippen LogP contribution in [0.1, 0.15) is 13.8 Å². The Bertz CT molecular complexity index is 753. The van der Waals surface area contributed by atoms with Crippen molar-refractivity contribution in [3.05, 3.63) is 42.5 Å². The van der Waals surface area contributed by atoms with Crippen LogP contribution in [-0.4, -0.2) is 57.0 Å². The summed E-state index contributed by atoms with van der Waals surface area (Å²) >= 11 is 0. The van der Waals surface area contributed by atoms with Gasteiger partial charge < -0.3 is 19.7 Å². The van der Waals surface area contributed by atoms with E-state index in [2.05, 4.69) is 65.4 Å². The van der Waals surface area contributed by atoms with Crippen molar-refractivity contribution in [1.29, 1.82) is 0 Å². The molecule has 0 atom stereocenters. The van der Waals surface area contributed by atoms with Crippen LogP contribution >= 0.6 is 0 Å². The van der Waals surface area contributed by atoms with Gasteiger partial charge in [-0.05, 0) is 35.4 Å². The Balaban J connectivity index is 1.33. The summed E-state index contributed by atoms with van der Waals surface area (Å²) in [5.74, 6) is 1.66. The van der Waals surface area contributed by atoms with E-state index in [9.17, 15) is 0 Å². The molecule has 0 saturated carbocycles. The minimum Gasteiger partial charge on any atom is -0.454 e. The lowest BCUT2D eigenvalue weighted by Crippen LogP contribution is -2.48. The predicted octanol–water partition coefficient (Wildman–Crippen LogP) is 3.20. The molecule has 5 nitrogen and oxygen atoms in total. The van der Waals surface area contributed by atoms with Crippen molar-refractivity contribution in [3.63, 3.8) is 0 Å². The smallest absolute Gasteiger partial charge is 0.231 e. The molecule has 2 aliphatic heterocycles. The van der Waals surface area contributed by atoms with E-state index in [4.69, 9.17) is 9.47 Å². The van der Waals surface area contributed by atoms with Gasteiger partial charge in [-0.15, -0.1) is 0 Å². The molecule has 0 aliphatic carbocycles. The van der Waals surface area contributed by atoms with Crippen LogP contribution in [0.15, 0.2) is 42.5 Å². The average Bonchev–Trinajstić information content (AvgIpc) is 3.16. The number of anilines is 1. The molecular weight excluding hydrogens is 338 g/mol. The number of piperazine rings is 1. The van der Waals surface area contributed by atoms with Crippen molar-refractivity contribution >= 4 is 5.69 Å². The molecule has 144 valence electrons. The molecule has 4 rings (SSSR count). The van der Waals surface area contributed by atoms with Crippen LogP contribution < -0.4 is 19.7 Å². The second-order valence-electron chi connectivity index (χ2n) is 7.55. The number of ether oxygens (including phenoxy) is 2. The molecule has 0 unspecified atom stereocenters. The van der Waals surface area contributed by atoms with Crippen LogP contribution in [0.3, 0.4) is 0 Å². The summed E-state index contributed by atoms with van der Waals surface area (Å²) in [5.41, 5.74) is 3.67. The molecular formula is C22H29N3O2. The average molecular weight is 367 g/mol. The second kappa shape index (κ2) is 8.19. The number of nitrogens with one attached hydrogen (secondary N) is 1. The van der Waals surface area contributed by atoms with Crippen LogP contribution in [0.5, 0.6) is 11.5 Å². The molecule has 0 bridgehead atoms.